The van der Waals surface area contributed by atoms with Gasteiger partial charge in [-0.1, -0.05) is 18.3 Å². The molecule has 0 N–H and O–H groups in total. The van der Waals surface area contributed by atoms with Crippen LogP contribution < -0.4 is 0 Å². The van der Waals surface area contributed by atoms with Gasteiger partial charge in [0.05, 0.1) is 21.2 Å². The molecule has 1 aliphatic carbocycles. The molecule has 12 heteroatoms. The van der Waals surface area contributed by atoms with E-state index in [1.807, 2.05) is 0 Å². The van der Waals surface area contributed by atoms with E-state index in [2.05, 4.69) is 19.9 Å². The molecule has 0 amide bonds. The van der Waals surface area contributed by atoms with Crippen LogP contribution in [0.1, 0.15) is 36.3 Å². The maximum Gasteiger partial charge on any atom is 0.417 e. The van der Waals surface area contributed by atoms with E-state index >= 15 is 0 Å². The molecule has 0 saturated heterocycles. The molecule has 4 aromatic rings. The summed E-state index contributed by atoms with van der Waals surface area (Å²) in [5, 5.41) is 0.918. The number of fused-ring (bicyclic) bond motifs is 2. The van der Waals surface area contributed by atoms with Crippen LogP contribution in [0.2, 0.25) is 0 Å². The van der Waals surface area contributed by atoms with Gasteiger partial charge in [0.25, 0.3) is 0 Å². The first-order valence-corrected chi connectivity index (χ1v) is 12.0. The van der Waals surface area contributed by atoms with Crippen molar-refractivity contribution in [2.45, 2.75) is 36.8 Å². The van der Waals surface area contributed by atoms with Crippen LogP contribution in [0.3, 0.4) is 0 Å². The second-order valence-corrected chi connectivity index (χ2v) is 10.7. The molecule has 7 nitrogen and oxygen atoms in total. The van der Waals surface area contributed by atoms with Crippen molar-refractivity contribution in [3.8, 4) is 11.5 Å². The van der Waals surface area contributed by atoms with E-state index in [9.17, 15) is 21.6 Å². The molecule has 1 saturated carbocycles. The molecule has 0 unspecified atom stereocenters. The molecule has 0 aromatic carbocycles. The maximum atomic E-state index is 13.1. The molecular formula is C19H16F3N5O2S2. The molecular weight excluding hydrogens is 451 g/mol. The second kappa shape index (κ2) is 6.70. The zero-order valence-corrected chi connectivity index (χ0v) is 18.1. The quantitative estimate of drug-likeness (QED) is 0.444. The van der Waals surface area contributed by atoms with Crippen molar-refractivity contribution in [1.82, 2.24) is 24.5 Å². The number of aryl methyl sites for hydroxylation is 1. The summed E-state index contributed by atoms with van der Waals surface area (Å²) in [5.74, 6) is 0.361. The van der Waals surface area contributed by atoms with E-state index in [0.717, 1.165) is 30.1 Å². The third-order valence-corrected chi connectivity index (χ3v) is 8.12. The Kier molecular flexibility index (Phi) is 4.39. The molecule has 162 valence electrons. The van der Waals surface area contributed by atoms with E-state index < -0.39 is 21.6 Å². The monoisotopic (exact) mass is 467 g/mol. The lowest BCUT2D eigenvalue weighted by Gasteiger charge is -2.08. The van der Waals surface area contributed by atoms with Crippen LogP contribution in [-0.4, -0.2) is 38.7 Å². The predicted octanol–water partition coefficient (Wildman–Crippen LogP) is 4.33. The van der Waals surface area contributed by atoms with Crippen molar-refractivity contribution < 1.29 is 21.6 Å². The Hall–Kier alpha value is -2.60. The van der Waals surface area contributed by atoms with E-state index in [-0.39, 0.29) is 33.3 Å². The van der Waals surface area contributed by atoms with Gasteiger partial charge < -0.3 is 4.57 Å². The minimum Gasteiger partial charge on any atom is -0.310 e. The lowest BCUT2D eigenvalue weighted by atomic mass is 10.2. The zero-order chi connectivity index (χ0) is 22.1. The number of halogens is 3. The molecule has 31 heavy (non-hydrogen) atoms. The first-order valence-electron chi connectivity index (χ1n) is 9.52. The second-order valence-electron chi connectivity index (χ2n) is 7.45. The fraction of sp³-hybridized carbons (Fsp3) is 0.368. The van der Waals surface area contributed by atoms with Gasteiger partial charge in [-0.2, -0.15) is 13.2 Å². The summed E-state index contributed by atoms with van der Waals surface area (Å²) in [5.41, 5.74) is -0.121. The van der Waals surface area contributed by atoms with Crippen LogP contribution >= 0.6 is 11.3 Å². The Morgan fingerprint density at radius 3 is 2.55 bits per heavy atom. The van der Waals surface area contributed by atoms with Crippen molar-refractivity contribution in [2.75, 3.05) is 5.75 Å². The van der Waals surface area contributed by atoms with Gasteiger partial charge >= 0.3 is 6.18 Å². The van der Waals surface area contributed by atoms with E-state index in [0.29, 0.717) is 16.3 Å². The largest absolute Gasteiger partial charge is 0.417 e. The molecule has 1 aliphatic rings. The molecule has 1 fully saturated rings. The van der Waals surface area contributed by atoms with Gasteiger partial charge in [0.1, 0.15) is 21.6 Å². The fourth-order valence-electron chi connectivity index (χ4n) is 3.36. The van der Waals surface area contributed by atoms with E-state index in [1.165, 1.54) is 28.9 Å². The van der Waals surface area contributed by atoms with Gasteiger partial charge in [0, 0.05) is 19.2 Å². The maximum absolute atomic E-state index is 13.1. The average Bonchev–Trinajstić information content (AvgIpc) is 3.40. The Morgan fingerprint density at radius 1 is 1.16 bits per heavy atom. The van der Waals surface area contributed by atoms with Crippen molar-refractivity contribution in [2.24, 2.45) is 7.05 Å². The third kappa shape index (κ3) is 3.37. The highest BCUT2D eigenvalue weighted by atomic mass is 32.2. The first-order chi connectivity index (χ1) is 14.6. The summed E-state index contributed by atoms with van der Waals surface area (Å²) in [7, 11) is -2.13. The highest BCUT2D eigenvalue weighted by molar-refractivity contribution is 7.91. The van der Waals surface area contributed by atoms with Crippen molar-refractivity contribution in [3.05, 3.63) is 28.9 Å². The number of nitrogens with zero attached hydrogens (tertiary/aromatic N) is 5. The molecule has 0 radical (unpaired) electrons. The van der Waals surface area contributed by atoms with Gasteiger partial charge in [-0.3, -0.25) is 0 Å². The SMILES string of the molecule is CCS(=O)(=O)c1cc2nc(C3CC3)sc2nc1-c1nc2cc(C(F)(F)F)cnc2n1C. The Labute approximate surface area is 178 Å². The van der Waals surface area contributed by atoms with Gasteiger partial charge in [0.2, 0.25) is 0 Å². The summed E-state index contributed by atoms with van der Waals surface area (Å²) in [6, 6.07) is 2.39. The number of hydrogen-bond donors (Lipinski definition) is 0. The highest BCUT2D eigenvalue weighted by Crippen LogP contribution is 2.44. The van der Waals surface area contributed by atoms with Crippen LogP contribution in [0.4, 0.5) is 13.2 Å². The van der Waals surface area contributed by atoms with Gasteiger partial charge in [-0.15, -0.1) is 0 Å². The molecule has 4 heterocycles. The average molecular weight is 467 g/mol. The molecule has 0 bridgehead atoms. The van der Waals surface area contributed by atoms with E-state index in [1.54, 1.807) is 7.05 Å². The Bertz CT molecular complexity index is 1450. The van der Waals surface area contributed by atoms with Gasteiger partial charge in [-0.05, 0) is 25.0 Å². The number of thiazole rings is 1. The molecule has 0 spiro atoms. The van der Waals surface area contributed by atoms with Crippen LogP contribution in [0.25, 0.3) is 33.0 Å². The fourth-order valence-corrected chi connectivity index (χ4v) is 5.49. The predicted molar refractivity (Wildman–Crippen MR) is 110 cm³/mol. The van der Waals surface area contributed by atoms with Crippen LogP contribution in [0.5, 0.6) is 0 Å². The Balaban J connectivity index is 1.77. The number of imidazole rings is 1. The van der Waals surface area contributed by atoms with Crippen LogP contribution in [0, 0.1) is 0 Å². The summed E-state index contributed by atoms with van der Waals surface area (Å²) in [6.07, 6.45) is -1.73. The molecule has 4 aromatic heterocycles. The van der Waals surface area contributed by atoms with Crippen LogP contribution in [0.15, 0.2) is 23.2 Å². The number of rotatable bonds is 4. The summed E-state index contributed by atoms with van der Waals surface area (Å²) in [4.78, 5) is 17.8. The highest BCUT2D eigenvalue weighted by Gasteiger charge is 2.33. The lowest BCUT2D eigenvalue weighted by molar-refractivity contribution is -0.137. The first kappa shape index (κ1) is 20.3. The molecule has 0 atom stereocenters. The van der Waals surface area contributed by atoms with Gasteiger partial charge in [0.15, 0.2) is 21.3 Å². The minimum absolute atomic E-state index is 0.0112. The number of pyridine rings is 2. The minimum atomic E-state index is -4.56. The van der Waals surface area contributed by atoms with E-state index in [4.69, 9.17) is 0 Å². The summed E-state index contributed by atoms with van der Waals surface area (Å²) < 4.78 is 66.4. The van der Waals surface area contributed by atoms with Crippen LogP contribution in [-0.2, 0) is 23.1 Å². The smallest absolute Gasteiger partial charge is 0.310 e. The number of sulfone groups is 1. The number of alkyl halides is 3. The topological polar surface area (TPSA) is 90.6 Å². The summed E-state index contributed by atoms with van der Waals surface area (Å²) in [6.45, 7) is 1.52. The number of hydrogen-bond acceptors (Lipinski definition) is 7. The van der Waals surface area contributed by atoms with Crippen molar-refractivity contribution in [3.63, 3.8) is 0 Å². The number of aromatic nitrogens is 5. The molecule has 5 rings (SSSR count). The molecule has 0 aliphatic heterocycles. The lowest BCUT2D eigenvalue weighted by Crippen LogP contribution is -2.09. The summed E-state index contributed by atoms with van der Waals surface area (Å²) >= 11 is 1.40. The van der Waals surface area contributed by atoms with Crippen molar-refractivity contribution >= 4 is 42.7 Å². The normalized spacial score (nSPS) is 15.3. The standard InChI is InChI=1S/C19H16F3N5O2S2/c1-3-31(28,29)13-7-12-18(30-17(25-12)9-4-5-9)26-14(13)16-24-11-6-10(19(20,21)22)8-23-15(11)27(16)2/h6-9H,3-5H2,1-2H3. The van der Waals surface area contributed by atoms with Crippen molar-refractivity contribution in [1.29, 1.82) is 0 Å². The zero-order valence-electron chi connectivity index (χ0n) is 16.4. The van der Waals surface area contributed by atoms with Gasteiger partial charge in [-0.25, -0.2) is 28.4 Å². The third-order valence-electron chi connectivity index (χ3n) is 5.26. The Morgan fingerprint density at radius 2 is 1.90 bits per heavy atom.